The van der Waals surface area contributed by atoms with Crippen LogP contribution in [0.3, 0.4) is 0 Å². The largest absolute Gasteiger partial charge is 0.496 e. The Morgan fingerprint density at radius 2 is 1.42 bits per heavy atom. The summed E-state index contributed by atoms with van der Waals surface area (Å²) < 4.78 is 5.44. The zero-order valence-corrected chi connectivity index (χ0v) is 13.4. The van der Waals surface area contributed by atoms with Crippen LogP contribution in [0.15, 0.2) is 24.3 Å². The minimum absolute atomic E-state index is 0.921. The van der Waals surface area contributed by atoms with E-state index in [-0.39, 0.29) is 0 Å². The van der Waals surface area contributed by atoms with Crippen LogP contribution in [-0.2, 0) is 0 Å². The Kier molecular flexibility index (Phi) is 3.96. The number of rotatable bonds is 2. The van der Waals surface area contributed by atoms with Gasteiger partial charge in [-0.15, -0.1) is 9.24 Å². The summed E-state index contributed by atoms with van der Waals surface area (Å²) in [6.45, 7) is 8.65. The maximum Gasteiger partial charge on any atom is 0.126 e. The van der Waals surface area contributed by atoms with Crippen LogP contribution in [0.2, 0.25) is 0 Å². The average molecular weight is 272 g/mol. The Bertz CT molecular complexity index is 606. The van der Waals surface area contributed by atoms with Crippen molar-refractivity contribution in [2.45, 2.75) is 27.7 Å². The van der Waals surface area contributed by atoms with E-state index < -0.39 is 0 Å². The zero-order chi connectivity index (χ0) is 14.2. The van der Waals surface area contributed by atoms with Gasteiger partial charge < -0.3 is 4.74 Å². The standard InChI is InChI=1S/C17H21OP/c1-10-8-12(3)15(13(4)9-10)16-11(2)6-7-14(18-5)17(16)19/h6-9H,19H2,1-5H3. The van der Waals surface area contributed by atoms with Gasteiger partial charge in [0.25, 0.3) is 0 Å². The molecule has 0 saturated carbocycles. The lowest BCUT2D eigenvalue weighted by Crippen LogP contribution is -2.06. The molecule has 1 nitrogen and oxygen atoms in total. The summed E-state index contributed by atoms with van der Waals surface area (Å²) in [5.74, 6) is 0.921. The second-order valence-corrected chi connectivity index (χ2v) is 5.72. The van der Waals surface area contributed by atoms with Crippen molar-refractivity contribution in [3.8, 4) is 16.9 Å². The van der Waals surface area contributed by atoms with Gasteiger partial charge in [0, 0.05) is 5.30 Å². The molecule has 0 spiro atoms. The predicted molar refractivity (Wildman–Crippen MR) is 86.7 cm³/mol. The average Bonchev–Trinajstić information content (AvgIpc) is 2.32. The van der Waals surface area contributed by atoms with Crippen LogP contribution in [0.4, 0.5) is 0 Å². The second kappa shape index (κ2) is 5.35. The summed E-state index contributed by atoms with van der Waals surface area (Å²) in [5, 5.41) is 1.14. The SMILES string of the molecule is COc1ccc(C)c(-c2c(C)cc(C)cc2C)c1P. The summed E-state index contributed by atoms with van der Waals surface area (Å²) in [7, 11) is 4.55. The molecule has 0 heterocycles. The Morgan fingerprint density at radius 3 is 1.95 bits per heavy atom. The van der Waals surface area contributed by atoms with Gasteiger partial charge in [0.2, 0.25) is 0 Å². The number of aryl methyl sites for hydroxylation is 4. The molecule has 1 atom stereocenters. The summed E-state index contributed by atoms with van der Waals surface area (Å²) in [6.07, 6.45) is 0. The fourth-order valence-corrected chi connectivity index (χ4v) is 3.38. The maximum atomic E-state index is 5.44. The van der Waals surface area contributed by atoms with Crippen LogP contribution < -0.4 is 10.0 Å². The molecule has 0 N–H and O–H groups in total. The van der Waals surface area contributed by atoms with Gasteiger partial charge >= 0.3 is 0 Å². The van der Waals surface area contributed by atoms with E-state index in [4.69, 9.17) is 4.74 Å². The van der Waals surface area contributed by atoms with Crippen molar-refractivity contribution < 1.29 is 4.74 Å². The number of benzene rings is 2. The van der Waals surface area contributed by atoms with Crippen LogP contribution >= 0.6 is 9.24 Å². The molecule has 0 aliphatic carbocycles. The van der Waals surface area contributed by atoms with E-state index in [1.54, 1.807) is 7.11 Å². The molecule has 2 heteroatoms. The third-order valence-electron chi connectivity index (χ3n) is 3.56. The molecule has 0 radical (unpaired) electrons. The zero-order valence-electron chi connectivity index (χ0n) is 12.3. The van der Waals surface area contributed by atoms with Crippen LogP contribution in [0.1, 0.15) is 22.3 Å². The van der Waals surface area contributed by atoms with Gasteiger partial charge in [-0.25, -0.2) is 0 Å². The highest BCUT2D eigenvalue weighted by molar-refractivity contribution is 7.28. The minimum Gasteiger partial charge on any atom is -0.496 e. The highest BCUT2D eigenvalue weighted by atomic mass is 31.0. The fourth-order valence-electron chi connectivity index (χ4n) is 2.79. The van der Waals surface area contributed by atoms with Gasteiger partial charge in [-0.3, -0.25) is 0 Å². The molecule has 0 fully saturated rings. The van der Waals surface area contributed by atoms with Gasteiger partial charge in [0.15, 0.2) is 0 Å². The highest BCUT2D eigenvalue weighted by Gasteiger charge is 2.14. The first-order chi connectivity index (χ1) is 8.95. The third-order valence-corrected chi connectivity index (χ3v) is 4.13. The van der Waals surface area contributed by atoms with Gasteiger partial charge in [-0.05, 0) is 61.6 Å². The first kappa shape index (κ1) is 14.1. The molecular weight excluding hydrogens is 251 g/mol. The molecule has 100 valence electrons. The Balaban J connectivity index is 2.79. The van der Waals surface area contributed by atoms with E-state index in [1.165, 1.54) is 33.4 Å². The molecule has 0 bridgehead atoms. The molecule has 0 aromatic heterocycles. The van der Waals surface area contributed by atoms with Gasteiger partial charge in [-0.2, -0.15) is 0 Å². The van der Waals surface area contributed by atoms with Crippen molar-refractivity contribution >= 4 is 14.5 Å². The normalized spacial score (nSPS) is 10.6. The van der Waals surface area contributed by atoms with E-state index in [0.29, 0.717) is 0 Å². The van der Waals surface area contributed by atoms with Gasteiger partial charge in [0.1, 0.15) is 5.75 Å². The van der Waals surface area contributed by atoms with E-state index in [1.807, 2.05) is 6.07 Å². The van der Waals surface area contributed by atoms with Gasteiger partial charge in [-0.1, -0.05) is 23.8 Å². The van der Waals surface area contributed by atoms with Crippen molar-refractivity contribution in [3.05, 3.63) is 46.5 Å². The van der Waals surface area contributed by atoms with Crippen molar-refractivity contribution in [1.82, 2.24) is 0 Å². The number of hydrogen-bond donors (Lipinski definition) is 0. The van der Waals surface area contributed by atoms with E-state index >= 15 is 0 Å². The van der Waals surface area contributed by atoms with Crippen molar-refractivity contribution in [1.29, 1.82) is 0 Å². The smallest absolute Gasteiger partial charge is 0.126 e. The molecular formula is C17H21OP. The van der Waals surface area contributed by atoms with E-state index in [2.05, 4.69) is 55.1 Å². The Morgan fingerprint density at radius 1 is 0.842 bits per heavy atom. The molecule has 0 aliphatic rings. The van der Waals surface area contributed by atoms with Crippen LogP contribution in [0.25, 0.3) is 11.1 Å². The van der Waals surface area contributed by atoms with Crippen molar-refractivity contribution in [2.24, 2.45) is 0 Å². The third kappa shape index (κ3) is 2.53. The van der Waals surface area contributed by atoms with Gasteiger partial charge in [0.05, 0.1) is 7.11 Å². The van der Waals surface area contributed by atoms with E-state index in [9.17, 15) is 0 Å². The number of hydrogen-bond acceptors (Lipinski definition) is 1. The summed E-state index contributed by atoms with van der Waals surface area (Å²) >= 11 is 0. The molecule has 0 saturated heterocycles. The van der Waals surface area contributed by atoms with Crippen LogP contribution in [0, 0.1) is 27.7 Å². The monoisotopic (exact) mass is 272 g/mol. The fraction of sp³-hybridized carbons (Fsp3) is 0.294. The molecule has 19 heavy (non-hydrogen) atoms. The van der Waals surface area contributed by atoms with E-state index in [0.717, 1.165) is 11.1 Å². The minimum atomic E-state index is 0.921. The summed E-state index contributed by atoms with van der Waals surface area (Å²) in [4.78, 5) is 0. The summed E-state index contributed by atoms with van der Waals surface area (Å²) in [6, 6.07) is 8.64. The first-order valence-electron chi connectivity index (χ1n) is 6.47. The number of methoxy groups -OCH3 is 1. The molecule has 2 rings (SSSR count). The van der Waals surface area contributed by atoms with Crippen molar-refractivity contribution in [3.63, 3.8) is 0 Å². The molecule has 2 aromatic carbocycles. The Hall–Kier alpha value is -1.33. The highest BCUT2D eigenvalue weighted by Crippen LogP contribution is 2.33. The Labute approximate surface area is 118 Å². The summed E-state index contributed by atoms with van der Waals surface area (Å²) in [5.41, 5.74) is 7.83. The van der Waals surface area contributed by atoms with Crippen molar-refractivity contribution in [2.75, 3.05) is 7.11 Å². The maximum absolute atomic E-state index is 5.44. The predicted octanol–water partition coefficient (Wildman–Crippen LogP) is 4.10. The topological polar surface area (TPSA) is 9.23 Å². The molecule has 0 aliphatic heterocycles. The van der Waals surface area contributed by atoms with Crippen LogP contribution in [-0.4, -0.2) is 7.11 Å². The lowest BCUT2D eigenvalue weighted by molar-refractivity contribution is 0.418. The molecule has 2 aromatic rings. The van der Waals surface area contributed by atoms with Crippen LogP contribution in [0.5, 0.6) is 5.75 Å². The number of ether oxygens (including phenoxy) is 1. The molecule has 0 amide bonds. The molecule has 1 unspecified atom stereocenters. The quantitative estimate of drug-likeness (QED) is 0.748. The second-order valence-electron chi connectivity index (χ2n) is 5.15. The lowest BCUT2D eigenvalue weighted by Gasteiger charge is -2.18. The lowest BCUT2D eigenvalue weighted by atomic mass is 9.91. The first-order valence-corrected chi connectivity index (χ1v) is 7.04.